The van der Waals surface area contributed by atoms with E-state index in [0.717, 1.165) is 6.42 Å². The Morgan fingerprint density at radius 1 is 1.29 bits per heavy atom. The van der Waals surface area contributed by atoms with E-state index in [0.29, 0.717) is 35.8 Å². The summed E-state index contributed by atoms with van der Waals surface area (Å²) in [7, 11) is 0. The van der Waals surface area contributed by atoms with Gasteiger partial charge in [-0.25, -0.2) is 0 Å². The van der Waals surface area contributed by atoms with Gasteiger partial charge in [0.15, 0.2) is 0 Å². The summed E-state index contributed by atoms with van der Waals surface area (Å²) < 4.78 is 11.5. The fourth-order valence-electron chi connectivity index (χ4n) is 3.53. The van der Waals surface area contributed by atoms with Crippen LogP contribution in [0.15, 0.2) is 24.3 Å². The Hall–Kier alpha value is -1.55. The summed E-state index contributed by atoms with van der Waals surface area (Å²) in [6, 6.07) is 7.49. The number of carbonyl (C=O) groups is 1. The van der Waals surface area contributed by atoms with Crippen molar-refractivity contribution in [2.45, 2.75) is 53.1 Å². The van der Waals surface area contributed by atoms with Crippen molar-refractivity contribution in [2.75, 3.05) is 18.5 Å². The molecule has 1 fully saturated rings. The van der Waals surface area contributed by atoms with Crippen molar-refractivity contribution in [1.29, 1.82) is 0 Å². The number of amides is 1. The Labute approximate surface area is 145 Å². The van der Waals surface area contributed by atoms with Gasteiger partial charge in [0, 0.05) is 0 Å². The van der Waals surface area contributed by atoms with E-state index in [-0.39, 0.29) is 18.6 Å². The number of ether oxygens (including phenoxy) is 2. The van der Waals surface area contributed by atoms with Gasteiger partial charge in [0.2, 0.25) is 5.91 Å². The van der Waals surface area contributed by atoms with Crippen LogP contribution >= 0.6 is 0 Å². The second kappa shape index (κ2) is 9.07. The number of hydrogen-bond donors (Lipinski definition) is 1. The number of rotatable bonds is 7. The molecule has 1 aliphatic rings. The smallest absolute Gasteiger partial charge is 0.250 e. The zero-order valence-corrected chi connectivity index (χ0v) is 15.4. The standard InChI is InChI=1S/C20H31NO3/c1-5-23-18-9-7-6-8-17(18)21-20(22)13-24-19-12-15(4)10-11-16(19)14(2)3/h6-9,14-16,19H,5,10-13H2,1-4H3,(H,21,22)/t15-,16-,19+/m0/s1. The van der Waals surface area contributed by atoms with Crippen molar-refractivity contribution in [1.82, 2.24) is 0 Å². The molecule has 1 N–H and O–H groups in total. The summed E-state index contributed by atoms with van der Waals surface area (Å²) in [5, 5.41) is 2.90. The molecule has 0 saturated heterocycles. The number of anilines is 1. The van der Waals surface area contributed by atoms with Gasteiger partial charge in [-0.15, -0.1) is 0 Å². The molecule has 1 amide bonds. The fraction of sp³-hybridized carbons (Fsp3) is 0.650. The average Bonchev–Trinajstić information content (AvgIpc) is 2.55. The molecule has 4 heteroatoms. The predicted octanol–water partition coefficient (Wildman–Crippen LogP) is 4.50. The molecule has 1 aromatic carbocycles. The second-order valence-corrected chi connectivity index (χ2v) is 7.15. The minimum atomic E-state index is -0.122. The SMILES string of the molecule is CCOc1ccccc1NC(=O)CO[C@@H]1C[C@@H](C)CC[C@H]1C(C)C. The quantitative estimate of drug-likeness (QED) is 0.799. The molecule has 0 bridgehead atoms. The third kappa shape index (κ3) is 5.23. The minimum Gasteiger partial charge on any atom is -0.492 e. The molecule has 0 radical (unpaired) electrons. The molecule has 0 aromatic heterocycles. The number of carbonyl (C=O) groups excluding carboxylic acids is 1. The van der Waals surface area contributed by atoms with Crippen molar-refractivity contribution >= 4 is 11.6 Å². The van der Waals surface area contributed by atoms with E-state index in [1.54, 1.807) is 0 Å². The highest BCUT2D eigenvalue weighted by Gasteiger charge is 2.31. The topological polar surface area (TPSA) is 47.6 Å². The highest BCUT2D eigenvalue weighted by molar-refractivity contribution is 5.93. The zero-order valence-electron chi connectivity index (χ0n) is 15.4. The maximum absolute atomic E-state index is 12.3. The van der Waals surface area contributed by atoms with Crippen LogP contribution in [0.5, 0.6) is 5.75 Å². The average molecular weight is 333 g/mol. The number of nitrogens with one attached hydrogen (secondary N) is 1. The van der Waals surface area contributed by atoms with E-state index < -0.39 is 0 Å². The zero-order chi connectivity index (χ0) is 17.5. The first-order valence-corrected chi connectivity index (χ1v) is 9.14. The lowest BCUT2D eigenvalue weighted by Gasteiger charge is -2.37. The molecule has 134 valence electrons. The summed E-state index contributed by atoms with van der Waals surface area (Å²) in [5.41, 5.74) is 0.699. The molecular formula is C20H31NO3. The van der Waals surface area contributed by atoms with E-state index in [1.165, 1.54) is 12.8 Å². The van der Waals surface area contributed by atoms with Crippen LogP contribution in [-0.4, -0.2) is 25.2 Å². The molecule has 0 spiro atoms. The Balaban J connectivity index is 1.90. The summed E-state index contributed by atoms with van der Waals surface area (Å²) in [6.07, 6.45) is 3.68. The van der Waals surface area contributed by atoms with Crippen LogP contribution in [0.3, 0.4) is 0 Å². The highest BCUT2D eigenvalue weighted by atomic mass is 16.5. The first-order valence-electron chi connectivity index (χ1n) is 9.14. The Kier molecular flexibility index (Phi) is 7.10. The van der Waals surface area contributed by atoms with Crippen LogP contribution in [0.25, 0.3) is 0 Å². The van der Waals surface area contributed by atoms with E-state index in [2.05, 4.69) is 26.1 Å². The summed E-state index contributed by atoms with van der Waals surface area (Å²) in [6.45, 7) is 9.36. The van der Waals surface area contributed by atoms with Gasteiger partial charge in [0.1, 0.15) is 12.4 Å². The third-order valence-corrected chi connectivity index (χ3v) is 4.85. The van der Waals surface area contributed by atoms with Crippen LogP contribution in [-0.2, 0) is 9.53 Å². The third-order valence-electron chi connectivity index (χ3n) is 4.85. The van der Waals surface area contributed by atoms with Gasteiger partial charge >= 0.3 is 0 Å². The molecule has 2 rings (SSSR count). The van der Waals surface area contributed by atoms with E-state index in [9.17, 15) is 4.79 Å². The lowest BCUT2D eigenvalue weighted by Crippen LogP contribution is -2.36. The lowest BCUT2D eigenvalue weighted by molar-refractivity contribution is -0.126. The lowest BCUT2D eigenvalue weighted by atomic mass is 9.75. The molecule has 0 heterocycles. The second-order valence-electron chi connectivity index (χ2n) is 7.15. The largest absolute Gasteiger partial charge is 0.492 e. The van der Waals surface area contributed by atoms with Gasteiger partial charge in [0.05, 0.1) is 18.4 Å². The van der Waals surface area contributed by atoms with Crippen molar-refractivity contribution in [3.05, 3.63) is 24.3 Å². The van der Waals surface area contributed by atoms with Gasteiger partial charge in [-0.05, 0) is 49.7 Å². The molecule has 1 aliphatic carbocycles. The molecule has 1 aromatic rings. The van der Waals surface area contributed by atoms with E-state index >= 15 is 0 Å². The first kappa shape index (κ1) is 18.8. The first-order chi connectivity index (χ1) is 11.5. The maximum atomic E-state index is 12.3. The van der Waals surface area contributed by atoms with Gasteiger partial charge in [-0.1, -0.05) is 39.3 Å². The van der Waals surface area contributed by atoms with Crippen LogP contribution in [0.1, 0.15) is 47.0 Å². The predicted molar refractivity (Wildman–Crippen MR) is 97.3 cm³/mol. The van der Waals surface area contributed by atoms with Crippen molar-refractivity contribution in [3.63, 3.8) is 0 Å². The molecule has 3 atom stereocenters. The Bertz CT molecular complexity index is 529. The summed E-state index contributed by atoms with van der Waals surface area (Å²) >= 11 is 0. The molecule has 4 nitrogen and oxygen atoms in total. The highest BCUT2D eigenvalue weighted by Crippen LogP contribution is 2.35. The number of benzene rings is 1. The van der Waals surface area contributed by atoms with E-state index in [1.807, 2.05) is 31.2 Å². The van der Waals surface area contributed by atoms with Crippen molar-refractivity contribution in [2.24, 2.45) is 17.8 Å². The Morgan fingerprint density at radius 2 is 2.04 bits per heavy atom. The van der Waals surface area contributed by atoms with Gasteiger partial charge in [-0.3, -0.25) is 4.79 Å². The Morgan fingerprint density at radius 3 is 2.75 bits per heavy atom. The minimum absolute atomic E-state index is 0.0983. The van der Waals surface area contributed by atoms with Crippen molar-refractivity contribution in [3.8, 4) is 5.75 Å². The number of para-hydroxylation sites is 2. The molecule has 1 saturated carbocycles. The molecule has 24 heavy (non-hydrogen) atoms. The monoisotopic (exact) mass is 333 g/mol. The maximum Gasteiger partial charge on any atom is 0.250 e. The van der Waals surface area contributed by atoms with Crippen molar-refractivity contribution < 1.29 is 14.3 Å². The molecular weight excluding hydrogens is 302 g/mol. The summed E-state index contributed by atoms with van der Waals surface area (Å²) in [5.74, 6) is 2.38. The van der Waals surface area contributed by atoms with Gasteiger partial charge in [0.25, 0.3) is 0 Å². The van der Waals surface area contributed by atoms with Crippen LogP contribution in [0.4, 0.5) is 5.69 Å². The fourth-order valence-corrected chi connectivity index (χ4v) is 3.53. The normalized spacial score (nSPS) is 24.0. The molecule has 0 unspecified atom stereocenters. The van der Waals surface area contributed by atoms with Crippen LogP contribution in [0, 0.1) is 17.8 Å². The van der Waals surface area contributed by atoms with Gasteiger partial charge < -0.3 is 14.8 Å². The molecule has 0 aliphatic heterocycles. The van der Waals surface area contributed by atoms with Crippen LogP contribution in [0.2, 0.25) is 0 Å². The van der Waals surface area contributed by atoms with Crippen LogP contribution < -0.4 is 10.1 Å². The summed E-state index contributed by atoms with van der Waals surface area (Å²) in [4.78, 5) is 12.3. The van der Waals surface area contributed by atoms with E-state index in [4.69, 9.17) is 9.47 Å². The number of hydrogen-bond acceptors (Lipinski definition) is 3. The van der Waals surface area contributed by atoms with Gasteiger partial charge in [-0.2, -0.15) is 0 Å².